The lowest BCUT2D eigenvalue weighted by atomic mass is 9.67. The lowest BCUT2D eigenvalue weighted by Gasteiger charge is -2.49. The Morgan fingerprint density at radius 2 is 1.93 bits per heavy atom. The fraction of sp³-hybridized carbons (Fsp3) is 1.00. The number of alkyl halides is 1. The second-order valence-corrected chi connectivity index (χ2v) is 6.93. The molecule has 0 heterocycles. The topological polar surface area (TPSA) is 49.4 Å². The zero-order valence-electron chi connectivity index (χ0n) is 8.91. The van der Waals surface area contributed by atoms with Gasteiger partial charge in [-0.3, -0.25) is 0 Å². The van der Waals surface area contributed by atoms with Crippen molar-refractivity contribution in [2.45, 2.75) is 31.7 Å². The maximum atomic E-state index is 11.5. The van der Waals surface area contributed by atoms with Crippen molar-refractivity contribution in [3.05, 3.63) is 0 Å². The van der Waals surface area contributed by atoms with Gasteiger partial charge in [0.1, 0.15) is 0 Å². The summed E-state index contributed by atoms with van der Waals surface area (Å²) in [6.45, 7) is 3.94. The van der Waals surface area contributed by atoms with Gasteiger partial charge in [0, 0.05) is 25.5 Å². The molecule has 1 aliphatic carbocycles. The van der Waals surface area contributed by atoms with E-state index in [1.54, 1.807) is 0 Å². The summed E-state index contributed by atoms with van der Waals surface area (Å²) in [5.74, 6) is 0. The van der Waals surface area contributed by atoms with Gasteiger partial charge in [-0.15, -0.1) is 11.6 Å². The number of hydrogen-bond acceptors (Lipinski definition) is 2. The zero-order valence-corrected chi connectivity index (χ0v) is 10.5. The summed E-state index contributed by atoms with van der Waals surface area (Å²) in [4.78, 5) is 0. The van der Waals surface area contributed by atoms with Crippen molar-refractivity contribution in [2.24, 2.45) is 5.41 Å². The van der Waals surface area contributed by atoms with Crippen molar-refractivity contribution in [3.63, 3.8) is 0 Å². The van der Waals surface area contributed by atoms with E-state index in [1.165, 1.54) is 18.4 Å². The quantitative estimate of drug-likeness (QED) is 0.742. The largest absolute Gasteiger partial charge is 0.279 e. The van der Waals surface area contributed by atoms with Crippen molar-refractivity contribution in [1.29, 1.82) is 0 Å². The van der Waals surface area contributed by atoms with Crippen LogP contribution in [0.3, 0.4) is 0 Å². The van der Waals surface area contributed by atoms with Crippen molar-refractivity contribution < 1.29 is 8.42 Å². The molecule has 2 atom stereocenters. The molecule has 1 aliphatic rings. The van der Waals surface area contributed by atoms with E-state index in [2.05, 4.69) is 4.72 Å². The Kier molecular flexibility index (Phi) is 3.17. The van der Waals surface area contributed by atoms with Crippen LogP contribution in [0, 0.1) is 5.41 Å². The third kappa shape index (κ3) is 2.05. The molecule has 6 heteroatoms. The molecule has 1 N–H and O–H groups in total. The Morgan fingerprint density at radius 3 is 2.21 bits per heavy atom. The van der Waals surface area contributed by atoms with Crippen LogP contribution in [0.15, 0.2) is 0 Å². The number of halogens is 1. The van der Waals surface area contributed by atoms with E-state index in [9.17, 15) is 8.42 Å². The van der Waals surface area contributed by atoms with E-state index in [1.807, 2.05) is 13.8 Å². The summed E-state index contributed by atoms with van der Waals surface area (Å²) >= 11 is 6.00. The average Bonchev–Trinajstić information content (AvgIpc) is 2.03. The Labute approximate surface area is 90.8 Å². The minimum absolute atomic E-state index is 0.0531. The number of hydrogen-bond donors (Lipinski definition) is 1. The van der Waals surface area contributed by atoms with Gasteiger partial charge in [-0.1, -0.05) is 13.8 Å². The molecule has 0 radical (unpaired) electrons. The normalized spacial score (nSPS) is 31.6. The van der Waals surface area contributed by atoms with Crippen LogP contribution in [0.2, 0.25) is 0 Å². The smallest absolute Gasteiger partial charge is 0.198 e. The fourth-order valence-electron chi connectivity index (χ4n) is 1.36. The van der Waals surface area contributed by atoms with E-state index in [-0.39, 0.29) is 16.8 Å². The highest BCUT2D eigenvalue weighted by molar-refractivity contribution is 7.87. The predicted octanol–water partition coefficient (Wildman–Crippen LogP) is 0.788. The third-order valence-corrected chi connectivity index (χ3v) is 5.20. The highest BCUT2D eigenvalue weighted by atomic mass is 35.5. The SMILES string of the molecule is CN(C)S(=O)(=O)NC1CC(Cl)C1(C)C. The van der Waals surface area contributed by atoms with Crippen LogP contribution in [0.4, 0.5) is 0 Å². The molecule has 0 amide bonds. The molecule has 0 spiro atoms. The van der Waals surface area contributed by atoms with E-state index in [0.717, 1.165) is 0 Å². The first-order valence-corrected chi connectivity index (χ1v) is 6.39. The van der Waals surface area contributed by atoms with Crippen LogP contribution < -0.4 is 4.72 Å². The van der Waals surface area contributed by atoms with Gasteiger partial charge >= 0.3 is 0 Å². The molecule has 2 unspecified atom stereocenters. The first-order valence-electron chi connectivity index (χ1n) is 4.52. The Bertz CT molecular complexity index is 313. The van der Waals surface area contributed by atoms with E-state index in [0.29, 0.717) is 6.42 Å². The first-order chi connectivity index (χ1) is 6.18. The Morgan fingerprint density at radius 1 is 1.43 bits per heavy atom. The summed E-state index contributed by atoms with van der Waals surface area (Å²) in [7, 11) is -0.316. The van der Waals surface area contributed by atoms with Gasteiger partial charge in [-0.2, -0.15) is 17.4 Å². The second kappa shape index (κ2) is 3.63. The van der Waals surface area contributed by atoms with Crippen molar-refractivity contribution in [3.8, 4) is 0 Å². The lowest BCUT2D eigenvalue weighted by molar-refractivity contribution is 0.136. The van der Waals surface area contributed by atoms with Crippen LogP contribution in [0.25, 0.3) is 0 Å². The van der Waals surface area contributed by atoms with Crippen molar-refractivity contribution >= 4 is 21.8 Å². The minimum atomic E-state index is -3.33. The molecule has 0 aromatic rings. The molecule has 1 saturated carbocycles. The van der Waals surface area contributed by atoms with Crippen molar-refractivity contribution in [1.82, 2.24) is 9.03 Å². The van der Waals surface area contributed by atoms with Crippen LogP contribution >= 0.6 is 11.6 Å². The van der Waals surface area contributed by atoms with Gasteiger partial charge in [-0.05, 0) is 11.8 Å². The maximum Gasteiger partial charge on any atom is 0.279 e. The summed E-state index contributed by atoms with van der Waals surface area (Å²) in [6.07, 6.45) is 0.696. The average molecular weight is 241 g/mol. The first kappa shape index (κ1) is 12.2. The minimum Gasteiger partial charge on any atom is -0.198 e. The molecule has 0 aliphatic heterocycles. The molecular formula is C8H17ClN2O2S. The molecule has 14 heavy (non-hydrogen) atoms. The highest BCUT2D eigenvalue weighted by Crippen LogP contribution is 2.44. The van der Waals surface area contributed by atoms with Crippen molar-refractivity contribution in [2.75, 3.05) is 14.1 Å². The van der Waals surface area contributed by atoms with Crippen LogP contribution in [-0.2, 0) is 10.2 Å². The standard InChI is InChI=1S/C8H17ClN2O2S/c1-8(2)6(9)5-7(8)10-14(12,13)11(3)4/h6-7,10H,5H2,1-4H3. The van der Waals surface area contributed by atoms with Gasteiger partial charge < -0.3 is 0 Å². The van der Waals surface area contributed by atoms with Gasteiger partial charge in [0.05, 0.1) is 0 Å². The summed E-state index contributed by atoms with van der Waals surface area (Å²) in [6, 6.07) is -0.0580. The Hall–Kier alpha value is 0.160. The number of nitrogens with one attached hydrogen (secondary N) is 1. The van der Waals surface area contributed by atoms with E-state index < -0.39 is 10.2 Å². The monoisotopic (exact) mass is 240 g/mol. The van der Waals surface area contributed by atoms with Crippen LogP contribution in [0.1, 0.15) is 20.3 Å². The third-order valence-electron chi connectivity index (χ3n) is 2.92. The molecule has 84 valence electrons. The summed E-state index contributed by atoms with van der Waals surface area (Å²) in [5.41, 5.74) is -0.162. The lowest BCUT2D eigenvalue weighted by Crippen LogP contribution is -2.60. The van der Waals surface area contributed by atoms with Gasteiger partial charge in [0.15, 0.2) is 0 Å². The molecule has 1 rings (SSSR count). The molecule has 4 nitrogen and oxygen atoms in total. The summed E-state index contributed by atoms with van der Waals surface area (Å²) in [5, 5.41) is 0.0531. The Balaban J connectivity index is 2.65. The van der Waals surface area contributed by atoms with E-state index >= 15 is 0 Å². The van der Waals surface area contributed by atoms with Gasteiger partial charge in [0.25, 0.3) is 10.2 Å². The van der Waals surface area contributed by atoms with Gasteiger partial charge in [0.2, 0.25) is 0 Å². The zero-order chi connectivity index (χ0) is 11.1. The van der Waals surface area contributed by atoms with Gasteiger partial charge in [-0.25, -0.2) is 0 Å². The number of rotatable bonds is 3. The molecule has 0 bridgehead atoms. The molecule has 0 saturated heterocycles. The second-order valence-electron chi connectivity index (χ2n) is 4.48. The predicted molar refractivity (Wildman–Crippen MR) is 57.6 cm³/mol. The molecule has 0 aromatic heterocycles. The number of nitrogens with zero attached hydrogens (tertiary/aromatic N) is 1. The molecular weight excluding hydrogens is 224 g/mol. The molecule has 1 fully saturated rings. The van der Waals surface area contributed by atoms with Crippen LogP contribution in [-0.4, -0.2) is 38.2 Å². The maximum absolute atomic E-state index is 11.5. The van der Waals surface area contributed by atoms with Crippen LogP contribution in [0.5, 0.6) is 0 Å². The van der Waals surface area contributed by atoms with E-state index in [4.69, 9.17) is 11.6 Å². The highest BCUT2D eigenvalue weighted by Gasteiger charge is 2.48. The summed E-state index contributed by atoms with van der Waals surface area (Å²) < 4.78 is 26.8. The fourth-order valence-corrected chi connectivity index (χ4v) is 2.66. The molecule has 0 aromatic carbocycles.